The van der Waals surface area contributed by atoms with Crippen molar-refractivity contribution in [2.24, 2.45) is 5.92 Å². The van der Waals surface area contributed by atoms with Gasteiger partial charge in [-0.15, -0.1) is 0 Å². The number of hydrogen-bond acceptors (Lipinski definition) is 3. The predicted octanol–water partition coefficient (Wildman–Crippen LogP) is 2.07. The fourth-order valence-electron chi connectivity index (χ4n) is 2.36. The highest BCUT2D eigenvalue weighted by Gasteiger charge is 2.17. The van der Waals surface area contributed by atoms with Crippen LogP contribution in [-0.2, 0) is 0 Å². The number of nitrogens with one attached hydrogen (secondary N) is 1. The van der Waals surface area contributed by atoms with Crippen molar-refractivity contribution in [3.05, 3.63) is 30.1 Å². The molecule has 1 aromatic heterocycles. The summed E-state index contributed by atoms with van der Waals surface area (Å²) in [5.74, 6) is 0.838. The van der Waals surface area contributed by atoms with Crippen molar-refractivity contribution in [1.82, 2.24) is 15.2 Å². The maximum absolute atomic E-state index is 4.16. The Morgan fingerprint density at radius 2 is 2.24 bits per heavy atom. The monoisotopic (exact) mass is 233 g/mol. The number of piperidine rings is 1. The summed E-state index contributed by atoms with van der Waals surface area (Å²) < 4.78 is 0. The summed E-state index contributed by atoms with van der Waals surface area (Å²) >= 11 is 0. The molecular formula is C14H23N3. The van der Waals surface area contributed by atoms with E-state index in [1.807, 2.05) is 18.5 Å². The molecule has 0 amide bonds. The third-order valence-corrected chi connectivity index (χ3v) is 3.74. The van der Waals surface area contributed by atoms with E-state index in [1.54, 1.807) is 0 Å². The van der Waals surface area contributed by atoms with Crippen LogP contribution < -0.4 is 5.32 Å². The van der Waals surface area contributed by atoms with Crippen LogP contribution in [0.3, 0.4) is 0 Å². The highest BCUT2D eigenvalue weighted by molar-refractivity contribution is 5.12. The predicted molar refractivity (Wildman–Crippen MR) is 70.9 cm³/mol. The molecule has 3 heteroatoms. The third kappa shape index (κ3) is 3.79. The second-order valence-corrected chi connectivity index (χ2v) is 5.16. The van der Waals surface area contributed by atoms with Crippen LogP contribution >= 0.6 is 0 Å². The van der Waals surface area contributed by atoms with Crippen molar-refractivity contribution in [3.63, 3.8) is 0 Å². The fourth-order valence-corrected chi connectivity index (χ4v) is 2.36. The second kappa shape index (κ2) is 6.12. The Balaban J connectivity index is 1.75. The van der Waals surface area contributed by atoms with Crippen LogP contribution in [0.25, 0.3) is 0 Å². The van der Waals surface area contributed by atoms with Crippen LogP contribution in [0.15, 0.2) is 24.5 Å². The molecule has 2 heterocycles. The number of rotatable bonds is 4. The third-order valence-electron chi connectivity index (χ3n) is 3.74. The van der Waals surface area contributed by atoms with E-state index >= 15 is 0 Å². The number of likely N-dealkylation sites (tertiary alicyclic amines) is 1. The van der Waals surface area contributed by atoms with Crippen LogP contribution in [0.4, 0.5) is 0 Å². The average Bonchev–Trinajstić information content (AvgIpc) is 2.39. The molecule has 0 aliphatic carbocycles. The quantitative estimate of drug-likeness (QED) is 0.863. The van der Waals surface area contributed by atoms with Crippen LogP contribution in [0.2, 0.25) is 0 Å². The summed E-state index contributed by atoms with van der Waals surface area (Å²) in [7, 11) is 2.21. The first-order valence-electron chi connectivity index (χ1n) is 6.57. The summed E-state index contributed by atoms with van der Waals surface area (Å²) in [5, 5.41) is 3.62. The lowest BCUT2D eigenvalue weighted by molar-refractivity contribution is 0.213. The zero-order valence-corrected chi connectivity index (χ0v) is 10.9. The molecule has 17 heavy (non-hydrogen) atoms. The van der Waals surface area contributed by atoms with Crippen molar-refractivity contribution >= 4 is 0 Å². The van der Waals surface area contributed by atoms with E-state index in [0.717, 1.165) is 12.5 Å². The molecule has 0 bridgehead atoms. The molecule has 3 nitrogen and oxygen atoms in total. The van der Waals surface area contributed by atoms with Crippen LogP contribution in [0.1, 0.15) is 31.4 Å². The molecule has 1 saturated heterocycles. The number of hydrogen-bond donors (Lipinski definition) is 1. The van der Waals surface area contributed by atoms with Gasteiger partial charge >= 0.3 is 0 Å². The normalized spacial score (nSPS) is 20.4. The molecule has 0 saturated carbocycles. The number of aromatic nitrogens is 1. The van der Waals surface area contributed by atoms with Gasteiger partial charge in [0.2, 0.25) is 0 Å². The van der Waals surface area contributed by atoms with Crippen molar-refractivity contribution in [1.29, 1.82) is 0 Å². The van der Waals surface area contributed by atoms with Crippen molar-refractivity contribution in [2.45, 2.75) is 25.8 Å². The van der Waals surface area contributed by atoms with Crippen LogP contribution in [0, 0.1) is 5.92 Å². The molecule has 0 spiro atoms. The minimum atomic E-state index is 0.406. The summed E-state index contributed by atoms with van der Waals surface area (Å²) in [6.45, 7) is 5.83. The van der Waals surface area contributed by atoms with E-state index in [0.29, 0.717) is 6.04 Å². The Kier molecular flexibility index (Phi) is 4.51. The molecule has 1 aromatic rings. The second-order valence-electron chi connectivity index (χ2n) is 5.16. The Morgan fingerprint density at radius 1 is 1.47 bits per heavy atom. The smallest absolute Gasteiger partial charge is 0.0315 e. The first-order valence-corrected chi connectivity index (χ1v) is 6.57. The largest absolute Gasteiger partial charge is 0.310 e. The van der Waals surface area contributed by atoms with Crippen molar-refractivity contribution in [2.75, 3.05) is 26.7 Å². The van der Waals surface area contributed by atoms with E-state index in [9.17, 15) is 0 Å². The molecule has 0 aromatic carbocycles. The number of pyridine rings is 1. The maximum Gasteiger partial charge on any atom is 0.0315 e. The molecule has 1 aliphatic heterocycles. The standard InChI is InChI=1S/C14H23N3/c1-12(14-4-3-7-15-11-14)16-10-13-5-8-17(2)9-6-13/h3-4,7,11-13,16H,5-6,8-10H2,1-2H3/t12-/m0/s1. The first-order chi connectivity index (χ1) is 8.25. The molecule has 1 fully saturated rings. The van der Waals surface area contributed by atoms with Gasteiger partial charge in [-0.1, -0.05) is 6.07 Å². The van der Waals surface area contributed by atoms with Crippen LogP contribution in [-0.4, -0.2) is 36.6 Å². The molecule has 1 N–H and O–H groups in total. The van der Waals surface area contributed by atoms with Crippen molar-refractivity contribution in [3.8, 4) is 0 Å². The van der Waals surface area contributed by atoms with Gasteiger partial charge < -0.3 is 10.2 Å². The SMILES string of the molecule is C[C@H](NCC1CCN(C)CC1)c1cccnc1. The lowest BCUT2D eigenvalue weighted by Crippen LogP contribution is -2.35. The van der Waals surface area contributed by atoms with E-state index in [4.69, 9.17) is 0 Å². The Bertz CT molecular complexity index is 317. The van der Waals surface area contributed by atoms with Gasteiger partial charge in [-0.2, -0.15) is 0 Å². The zero-order valence-electron chi connectivity index (χ0n) is 10.9. The summed E-state index contributed by atoms with van der Waals surface area (Å²) in [6, 6.07) is 4.55. The molecule has 2 rings (SSSR count). The molecular weight excluding hydrogens is 210 g/mol. The van der Waals surface area contributed by atoms with Crippen molar-refractivity contribution < 1.29 is 0 Å². The van der Waals surface area contributed by atoms with E-state index in [2.05, 4.69) is 35.2 Å². The minimum absolute atomic E-state index is 0.406. The summed E-state index contributed by atoms with van der Waals surface area (Å²) in [6.07, 6.45) is 6.42. The van der Waals surface area contributed by atoms with E-state index < -0.39 is 0 Å². The summed E-state index contributed by atoms with van der Waals surface area (Å²) in [5.41, 5.74) is 1.28. The highest BCUT2D eigenvalue weighted by Crippen LogP contribution is 2.17. The minimum Gasteiger partial charge on any atom is -0.310 e. The average molecular weight is 233 g/mol. The molecule has 1 atom stereocenters. The van der Waals surface area contributed by atoms with Gasteiger partial charge in [-0.05, 0) is 64.0 Å². The van der Waals surface area contributed by atoms with Gasteiger partial charge in [-0.25, -0.2) is 0 Å². The van der Waals surface area contributed by atoms with Gasteiger partial charge in [0.1, 0.15) is 0 Å². The Morgan fingerprint density at radius 3 is 2.88 bits per heavy atom. The molecule has 0 radical (unpaired) electrons. The molecule has 1 aliphatic rings. The van der Waals surface area contributed by atoms with Crippen LogP contribution in [0.5, 0.6) is 0 Å². The highest BCUT2D eigenvalue weighted by atomic mass is 15.1. The summed E-state index contributed by atoms with van der Waals surface area (Å²) in [4.78, 5) is 6.58. The Labute approximate surface area is 104 Å². The van der Waals surface area contributed by atoms with Gasteiger partial charge in [0, 0.05) is 18.4 Å². The number of nitrogens with zero attached hydrogens (tertiary/aromatic N) is 2. The topological polar surface area (TPSA) is 28.2 Å². The first kappa shape index (κ1) is 12.5. The molecule has 0 unspecified atom stereocenters. The van der Waals surface area contributed by atoms with Gasteiger partial charge in [0.15, 0.2) is 0 Å². The van der Waals surface area contributed by atoms with E-state index in [1.165, 1.54) is 31.5 Å². The maximum atomic E-state index is 4.16. The van der Waals surface area contributed by atoms with Gasteiger partial charge in [0.25, 0.3) is 0 Å². The Hall–Kier alpha value is -0.930. The lowest BCUT2D eigenvalue weighted by atomic mass is 9.96. The van der Waals surface area contributed by atoms with Gasteiger partial charge in [-0.3, -0.25) is 4.98 Å². The zero-order chi connectivity index (χ0) is 12.1. The molecule has 94 valence electrons. The van der Waals surface area contributed by atoms with E-state index in [-0.39, 0.29) is 0 Å². The van der Waals surface area contributed by atoms with Gasteiger partial charge in [0.05, 0.1) is 0 Å². The lowest BCUT2D eigenvalue weighted by Gasteiger charge is -2.30. The fraction of sp³-hybridized carbons (Fsp3) is 0.643.